The van der Waals surface area contributed by atoms with Gasteiger partial charge in [-0.15, -0.1) is 0 Å². The lowest BCUT2D eigenvalue weighted by Gasteiger charge is -2.28. The number of nitrogens with one attached hydrogen (secondary N) is 1. The molecule has 2 atom stereocenters. The summed E-state index contributed by atoms with van der Waals surface area (Å²) in [5.41, 5.74) is 1.27. The van der Waals surface area contributed by atoms with Gasteiger partial charge in [-0.05, 0) is 48.1 Å². The zero-order chi connectivity index (χ0) is 24.1. The van der Waals surface area contributed by atoms with E-state index < -0.39 is 34.1 Å². The van der Waals surface area contributed by atoms with Gasteiger partial charge in [0.05, 0.1) is 11.5 Å². The zero-order valence-corrected chi connectivity index (χ0v) is 19.3. The number of esters is 1. The predicted molar refractivity (Wildman–Crippen MR) is 117 cm³/mol. The second-order valence-electron chi connectivity index (χ2n) is 7.99. The lowest BCUT2D eigenvalue weighted by molar-refractivity contribution is -0.165. The second-order valence-corrected chi connectivity index (χ2v) is 10.0. The number of halogens is 3. The zero-order valence-electron chi connectivity index (χ0n) is 18.4. The third-order valence-electron chi connectivity index (χ3n) is 4.83. The average molecular weight is 472 g/mol. The van der Waals surface area contributed by atoms with Crippen molar-refractivity contribution in [2.75, 3.05) is 12.9 Å². The van der Waals surface area contributed by atoms with Crippen molar-refractivity contribution in [3.8, 4) is 11.1 Å². The molecule has 0 amide bonds. The Morgan fingerprint density at radius 1 is 1.00 bits per heavy atom. The van der Waals surface area contributed by atoms with E-state index in [0.717, 1.165) is 6.26 Å². The van der Waals surface area contributed by atoms with Gasteiger partial charge in [0.2, 0.25) is 0 Å². The van der Waals surface area contributed by atoms with E-state index in [4.69, 9.17) is 4.74 Å². The Bertz CT molecular complexity index is 1000. The van der Waals surface area contributed by atoms with Crippen molar-refractivity contribution in [1.29, 1.82) is 0 Å². The maximum absolute atomic E-state index is 13.9. The van der Waals surface area contributed by atoms with Crippen LogP contribution in [-0.2, 0) is 19.4 Å². The van der Waals surface area contributed by atoms with E-state index in [-0.39, 0.29) is 29.4 Å². The monoisotopic (exact) mass is 471 g/mol. The molecule has 0 spiro atoms. The van der Waals surface area contributed by atoms with Gasteiger partial charge < -0.3 is 4.74 Å². The van der Waals surface area contributed by atoms with Crippen molar-refractivity contribution in [3.63, 3.8) is 0 Å². The van der Waals surface area contributed by atoms with E-state index in [9.17, 15) is 26.4 Å². The van der Waals surface area contributed by atoms with Gasteiger partial charge >= 0.3 is 12.1 Å². The largest absolute Gasteiger partial charge is 0.465 e. The summed E-state index contributed by atoms with van der Waals surface area (Å²) in [6.45, 7) is 5.33. The van der Waals surface area contributed by atoms with E-state index in [1.165, 1.54) is 36.4 Å². The third-order valence-corrected chi connectivity index (χ3v) is 5.96. The van der Waals surface area contributed by atoms with Crippen LogP contribution in [0.15, 0.2) is 53.4 Å². The molecule has 9 heteroatoms. The summed E-state index contributed by atoms with van der Waals surface area (Å²) >= 11 is 0. The number of rotatable bonds is 9. The number of hydrogen-bond donors (Lipinski definition) is 1. The molecule has 0 saturated heterocycles. The summed E-state index contributed by atoms with van der Waals surface area (Å²) < 4.78 is 69.7. The van der Waals surface area contributed by atoms with Crippen LogP contribution in [0.1, 0.15) is 38.8 Å². The molecule has 176 valence electrons. The van der Waals surface area contributed by atoms with Crippen molar-refractivity contribution in [2.24, 2.45) is 5.92 Å². The summed E-state index contributed by atoms with van der Waals surface area (Å²) in [6, 6.07) is 8.74. The number of alkyl halides is 3. The van der Waals surface area contributed by atoms with E-state index >= 15 is 0 Å². The highest BCUT2D eigenvalue weighted by atomic mass is 32.2. The number of ether oxygens (including phenoxy) is 1. The van der Waals surface area contributed by atoms with E-state index in [0.29, 0.717) is 11.1 Å². The van der Waals surface area contributed by atoms with Gasteiger partial charge in [-0.1, -0.05) is 50.2 Å². The molecule has 32 heavy (non-hydrogen) atoms. The van der Waals surface area contributed by atoms with E-state index in [2.05, 4.69) is 5.32 Å². The quantitative estimate of drug-likeness (QED) is 0.525. The third kappa shape index (κ3) is 7.06. The molecule has 0 unspecified atom stereocenters. The van der Waals surface area contributed by atoms with Crippen molar-refractivity contribution >= 4 is 15.8 Å². The van der Waals surface area contributed by atoms with Gasteiger partial charge in [-0.3, -0.25) is 10.1 Å². The first-order valence-electron chi connectivity index (χ1n) is 10.2. The molecule has 0 saturated carbocycles. The highest BCUT2D eigenvalue weighted by Crippen LogP contribution is 2.35. The number of hydrogen-bond acceptors (Lipinski definition) is 5. The van der Waals surface area contributed by atoms with Crippen LogP contribution in [-0.4, -0.2) is 39.5 Å². The van der Waals surface area contributed by atoms with Crippen LogP contribution in [0.25, 0.3) is 11.1 Å². The maximum atomic E-state index is 13.9. The predicted octanol–water partition coefficient (Wildman–Crippen LogP) is 4.93. The number of carbonyl (C=O) groups is 1. The molecule has 0 radical (unpaired) electrons. The summed E-state index contributed by atoms with van der Waals surface area (Å²) in [7, 11) is -3.34. The standard InChI is InChI=1S/C23H28F3NO4S/c1-5-31-22(28)20(14-15(2)3)27-21(23(24,25)26)18-8-6-16(7-9-18)17-10-12-19(13-11-17)32(4,29)30/h6-13,15,20-21,27H,5,14H2,1-4H3/t20-,21-/m0/s1. The number of carbonyl (C=O) groups excluding carboxylic acids is 1. The van der Waals surface area contributed by atoms with Crippen LogP contribution >= 0.6 is 0 Å². The molecule has 0 aromatic heterocycles. The second kappa shape index (κ2) is 10.5. The van der Waals surface area contributed by atoms with Gasteiger partial charge in [0.25, 0.3) is 0 Å². The Morgan fingerprint density at radius 3 is 1.91 bits per heavy atom. The molecule has 0 aliphatic carbocycles. The van der Waals surface area contributed by atoms with Crippen molar-refractivity contribution in [3.05, 3.63) is 54.1 Å². The van der Waals surface area contributed by atoms with Crippen molar-refractivity contribution < 1.29 is 31.1 Å². The molecule has 0 aliphatic heterocycles. The van der Waals surface area contributed by atoms with E-state index in [1.807, 2.05) is 13.8 Å². The Morgan fingerprint density at radius 2 is 1.50 bits per heavy atom. The first-order valence-corrected chi connectivity index (χ1v) is 12.1. The van der Waals surface area contributed by atoms with Crippen LogP contribution < -0.4 is 5.32 Å². The first kappa shape index (κ1) is 25.9. The molecule has 0 bridgehead atoms. The lowest BCUT2D eigenvalue weighted by atomic mass is 9.98. The number of sulfone groups is 1. The Labute approximate surface area is 186 Å². The molecular weight excluding hydrogens is 443 g/mol. The minimum absolute atomic E-state index is 0.0110. The fourth-order valence-corrected chi connectivity index (χ4v) is 3.92. The summed E-state index contributed by atoms with van der Waals surface area (Å²) in [4.78, 5) is 12.4. The summed E-state index contributed by atoms with van der Waals surface area (Å²) in [5, 5.41) is 2.44. The van der Waals surface area contributed by atoms with Crippen molar-refractivity contribution in [1.82, 2.24) is 5.32 Å². The average Bonchev–Trinajstić information content (AvgIpc) is 2.69. The molecular formula is C23H28F3NO4S. The van der Waals surface area contributed by atoms with Gasteiger partial charge in [0.15, 0.2) is 9.84 Å². The lowest BCUT2D eigenvalue weighted by Crippen LogP contribution is -2.46. The van der Waals surface area contributed by atoms with Crippen LogP contribution in [0.2, 0.25) is 0 Å². The smallest absolute Gasteiger partial charge is 0.407 e. The topological polar surface area (TPSA) is 72.5 Å². The fraction of sp³-hybridized carbons (Fsp3) is 0.435. The molecule has 5 nitrogen and oxygen atoms in total. The molecule has 2 aromatic rings. The minimum atomic E-state index is -4.62. The molecule has 2 rings (SSSR count). The van der Waals surface area contributed by atoms with Gasteiger partial charge in [0.1, 0.15) is 12.1 Å². The van der Waals surface area contributed by atoms with Gasteiger partial charge in [-0.2, -0.15) is 13.2 Å². The first-order chi connectivity index (χ1) is 14.8. The normalized spacial score (nSPS) is 14.2. The van der Waals surface area contributed by atoms with Crippen molar-refractivity contribution in [2.45, 2.75) is 50.3 Å². The molecule has 0 fully saturated rings. The fourth-order valence-electron chi connectivity index (χ4n) is 3.29. The molecule has 0 heterocycles. The molecule has 2 aromatic carbocycles. The summed E-state index contributed by atoms with van der Waals surface area (Å²) in [5.74, 6) is -0.721. The number of benzene rings is 2. The SMILES string of the molecule is CCOC(=O)[C@H](CC(C)C)N[C@@H](c1ccc(-c2ccc(S(C)(=O)=O)cc2)cc1)C(F)(F)F. The molecule has 0 aliphatic rings. The highest BCUT2D eigenvalue weighted by Gasteiger charge is 2.43. The van der Waals surface area contributed by atoms with Crippen LogP contribution in [0, 0.1) is 5.92 Å². The minimum Gasteiger partial charge on any atom is -0.465 e. The van der Waals surface area contributed by atoms with Gasteiger partial charge in [0, 0.05) is 6.26 Å². The summed E-state index contributed by atoms with van der Waals surface area (Å²) in [6.07, 6.45) is -3.32. The van der Waals surface area contributed by atoms with Crippen LogP contribution in [0.3, 0.4) is 0 Å². The Balaban J connectivity index is 2.31. The Hall–Kier alpha value is -2.39. The maximum Gasteiger partial charge on any atom is 0.407 e. The molecule has 1 N–H and O–H groups in total. The van der Waals surface area contributed by atoms with Crippen LogP contribution in [0.5, 0.6) is 0 Å². The Kier molecular flexibility index (Phi) is 8.47. The van der Waals surface area contributed by atoms with Gasteiger partial charge in [-0.25, -0.2) is 8.42 Å². The van der Waals surface area contributed by atoms with E-state index in [1.54, 1.807) is 19.1 Å². The van der Waals surface area contributed by atoms with Crippen LogP contribution in [0.4, 0.5) is 13.2 Å². The highest BCUT2D eigenvalue weighted by molar-refractivity contribution is 7.90.